The third-order valence-electron chi connectivity index (χ3n) is 10.1. The number of hydrogen-bond acceptors (Lipinski definition) is 7. The quantitative estimate of drug-likeness (QED) is 0.0686. The number of amides is 1. The van der Waals surface area contributed by atoms with Crippen LogP contribution in [0, 0.1) is 0 Å². The van der Waals surface area contributed by atoms with E-state index in [2.05, 4.69) is 50.5 Å². The smallest absolute Gasteiger partial charge is 0.355 e. The predicted molar refractivity (Wildman–Crippen MR) is 203 cm³/mol. The zero-order valence-electron chi connectivity index (χ0n) is 31.0. The van der Waals surface area contributed by atoms with Crippen molar-refractivity contribution in [1.29, 1.82) is 0 Å². The monoisotopic (exact) mass is 722 g/mol. The number of unbranched alkanes of at least 4 members (excludes halogenated alkanes) is 2. The number of halogens is 3. The Balaban J connectivity index is 0.00000195. The minimum absolute atomic E-state index is 0.0986. The summed E-state index contributed by atoms with van der Waals surface area (Å²) in [6.45, 7) is 1.96. The number of carbonyl (C=O) groups excluding carboxylic acids is 2. The average molecular weight is 723 g/mol. The Morgan fingerprint density at radius 1 is 0.942 bits per heavy atom. The summed E-state index contributed by atoms with van der Waals surface area (Å²) < 4.78 is 39.9. The first kappa shape index (κ1) is 41.2. The van der Waals surface area contributed by atoms with Crippen LogP contribution in [0.15, 0.2) is 78.9 Å². The molecule has 1 aliphatic carbocycles. The van der Waals surface area contributed by atoms with Crippen LogP contribution in [0.5, 0.6) is 0 Å². The van der Waals surface area contributed by atoms with Gasteiger partial charge in [-0.05, 0) is 80.6 Å². The van der Waals surface area contributed by atoms with E-state index in [9.17, 15) is 22.8 Å². The number of fused-ring (bicyclic) bond motifs is 3. The summed E-state index contributed by atoms with van der Waals surface area (Å²) in [7, 11) is 5.45. The molecule has 11 heteroatoms. The van der Waals surface area contributed by atoms with Crippen LogP contribution in [0.3, 0.4) is 0 Å². The molecule has 1 heterocycles. The fourth-order valence-corrected chi connectivity index (χ4v) is 7.62. The molecule has 3 aromatic carbocycles. The number of rotatable bonds is 18. The Morgan fingerprint density at radius 3 is 2.21 bits per heavy atom. The Morgan fingerprint density at radius 2 is 1.58 bits per heavy atom. The van der Waals surface area contributed by atoms with Crippen LogP contribution in [0.1, 0.15) is 74.5 Å². The van der Waals surface area contributed by atoms with Gasteiger partial charge in [-0.1, -0.05) is 98.1 Å². The summed E-state index contributed by atoms with van der Waals surface area (Å²) in [5, 5.41) is 11.0. The highest BCUT2D eigenvalue weighted by Gasteiger charge is 2.46. The fraction of sp³-hybridized carbons (Fsp3) is 0.512. The maximum Gasteiger partial charge on any atom is 0.402 e. The second-order valence-electron chi connectivity index (χ2n) is 13.9. The van der Waals surface area contributed by atoms with Gasteiger partial charge in [-0.25, -0.2) is 10.4 Å². The topological polar surface area (TPSA) is 88.7 Å². The number of hydrazine groups is 1. The highest BCUT2D eigenvalue weighted by Crippen LogP contribution is 2.52. The van der Waals surface area contributed by atoms with E-state index in [4.69, 9.17) is 0 Å². The average Bonchev–Trinajstić information content (AvgIpc) is 3.43. The summed E-state index contributed by atoms with van der Waals surface area (Å²) >= 11 is 0. The molecule has 8 nitrogen and oxygen atoms in total. The number of nitrogens with zero attached hydrogens (tertiary/aromatic N) is 2. The lowest BCUT2D eigenvalue weighted by molar-refractivity contribution is -0.138. The van der Waals surface area contributed by atoms with Crippen molar-refractivity contribution in [1.82, 2.24) is 31.3 Å². The van der Waals surface area contributed by atoms with Crippen LogP contribution < -0.4 is 21.4 Å². The molecule has 0 spiro atoms. The number of benzene rings is 3. The van der Waals surface area contributed by atoms with Crippen molar-refractivity contribution in [2.45, 2.75) is 88.1 Å². The SMILES string of the molecule is CN(NCC(F)(F)F)C1(CCCCCNC(=O)C(CCC=O)NCC2CCCCN2Cc2ccccc2)c2ccccc2-c2ccccc21.CNC. The largest absolute Gasteiger partial charge is 0.402 e. The number of likely N-dealkylation sites (tertiary alicyclic amines) is 1. The summed E-state index contributed by atoms with van der Waals surface area (Å²) in [6.07, 6.45) is 3.56. The van der Waals surface area contributed by atoms with Gasteiger partial charge < -0.3 is 20.7 Å². The van der Waals surface area contributed by atoms with E-state index in [1.165, 1.54) is 12.0 Å². The van der Waals surface area contributed by atoms with Gasteiger partial charge in [-0.2, -0.15) is 13.2 Å². The van der Waals surface area contributed by atoms with Gasteiger partial charge in [0.1, 0.15) is 12.8 Å². The van der Waals surface area contributed by atoms with Crippen LogP contribution in [0.2, 0.25) is 0 Å². The van der Waals surface area contributed by atoms with Crippen LogP contribution >= 0.6 is 0 Å². The maximum absolute atomic E-state index is 13.3. The number of alkyl halides is 3. The molecule has 52 heavy (non-hydrogen) atoms. The zero-order valence-corrected chi connectivity index (χ0v) is 31.0. The van der Waals surface area contributed by atoms with Crippen molar-refractivity contribution in [2.24, 2.45) is 0 Å². The minimum atomic E-state index is -4.35. The molecule has 3 aromatic rings. The van der Waals surface area contributed by atoms with Gasteiger partial charge >= 0.3 is 6.18 Å². The van der Waals surface area contributed by atoms with Crippen molar-refractivity contribution in [3.63, 3.8) is 0 Å². The van der Waals surface area contributed by atoms with Crippen molar-refractivity contribution >= 4 is 12.2 Å². The van der Waals surface area contributed by atoms with Crippen molar-refractivity contribution in [3.05, 3.63) is 95.6 Å². The Labute approximate surface area is 307 Å². The Kier molecular flexibility index (Phi) is 16.3. The third kappa shape index (κ3) is 11.2. The number of hydrogen-bond donors (Lipinski definition) is 4. The van der Waals surface area contributed by atoms with Crippen LogP contribution in [0.25, 0.3) is 11.1 Å². The van der Waals surface area contributed by atoms with E-state index in [0.29, 0.717) is 38.4 Å². The molecule has 0 radical (unpaired) electrons. The molecule has 0 bridgehead atoms. The molecule has 5 rings (SSSR count). The van der Waals surface area contributed by atoms with Crippen molar-refractivity contribution in [2.75, 3.05) is 47.3 Å². The summed E-state index contributed by atoms with van der Waals surface area (Å²) in [6, 6.07) is 26.2. The van der Waals surface area contributed by atoms with Gasteiger partial charge in [-0.3, -0.25) is 9.69 Å². The molecular formula is C41H57F3N6O2. The third-order valence-corrected chi connectivity index (χ3v) is 10.1. The fourth-order valence-electron chi connectivity index (χ4n) is 7.62. The normalized spacial score (nSPS) is 17.1. The first-order valence-corrected chi connectivity index (χ1v) is 18.7. The molecule has 0 aromatic heterocycles. The number of piperidine rings is 1. The lowest BCUT2D eigenvalue weighted by Gasteiger charge is -2.41. The van der Waals surface area contributed by atoms with E-state index < -0.39 is 24.3 Å². The summed E-state index contributed by atoms with van der Waals surface area (Å²) in [4.78, 5) is 27.0. The lowest BCUT2D eigenvalue weighted by atomic mass is 9.82. The maximum atomic E-state index is 13.3. The molecule has 1 saturated heterocycles. The van der Waals surface area contributed by atoms with Gasteiger partial charge in [0.15, 0.2) is 0 Å². The van der Waals surface area contributed by atoms with Gasteiger partial charge in [-0.15, -0.1) is 0 Å². The Bertz CT molecular complexity index is 1480. The number of nitrogens with one attached hydrogen (secondary N) is 4. The van der Waals surface area contributed by atoms with Gasteiger partial charge in [0.05, 0.1) is 11.6 Å². The first-order chi connectivity index (χ1) is 25.1. The van der Waals surface area contributed by atoms with E-state index in [1.54, 1.807) is 12.1 Å². The molecule has 4 N–H and O–H groups in total. The molecule has 2 unspecified atom stereocenters. The Hall–Kier alpha value is -3.61. The van der Waals surface area contributed by atoms with Crippen molar-refractivity contribution in [3.8, 4) is 11.1 Å². The summed E-state index contributed by atoms with van der Waals surface area (Å²) in [5.74, 6) is -0.0986. The first-order valence-electron chi connectivity index (χ1n) is 18.7. The summed E-state index contributed by atoms with van der Waals surface area (Å²) in [5.41, 5.74) is 7.22. The minimum Gasteiger partial charge on any atom is -0.355 e. The standard InChI is InChI=1S/C39H50F3N5O2.C2H7N/c1-46(45-29-39(40,41)42)38(34-20-8-6-18-32(34)33-19-7-9-21-35(33)38)23-11-3-12-24-43-37(49)36(22-14-26-48)44-27-31-17-10-13-25-47(31)28-30-15-4-2-5-16-30;1-3-2/h2,4-9,15-16,18-21,26,31,36,44-45H,3,10-14,17,22-25,27-29H2,1H3,(H,43,49);3H,1-2H3. The van der Waals surface area contributed by atoms with E-state index >= 15 is 0 Å². The molecule has 284 valence electrons. The number of aldehydes is 1. The molecule has 1 fully saturated rings. The van der Waals surface area contributed by atoms with Crippen LogP contribution in [-0.4, -0.2) is 87.7 Å². The molecule has 2 aliphatic rings. The van der Waals surface area contributed by atoms with Crippen LogP contribution in [-0.2, 0) is 21.7 Å². The molecular weight excluding hydrogens is 665 g/mol. The molecule has 2 atom stereocenters. The van der Waals surface area contributed by atoms with E-state index in [-0.39, 0.29) is 5.91 Å². The van der Waals surface area contributed by atoms with Crippen molar-refractivity contribution < 1.29 is 22.8 Å². The van der Waals surface area contributed by atoms with Crippen LogP contribution in [0.4, 0.5) is 13.2 Å². The number of carbonyl (C=O) groups is 2. The van der Waals surface area contributed by atoms with Gasteiger partial charge in [0.25, 0.3) is 0 Å². The van der Waals surface area contributed by atoms with Gasteiger partial charge in [0.2, 0.25) is 5.91 Å². The van der Waals surface area contributed by atoms with E-state index in [0.717, 1.165) is 73.7 Å². The predicted octanol–water partition coefficient (Wildman–Crippen LogP) is 6.41. The second-order valence-corrected chi connectivity index (χ2v) is 13.9. The zero-order chi connectivity index (χ0) is 37.4. The highest BCUT2D eigenvalue weighted by atomic mass is 19.4. The van der Waals surface area contributed by atoms with Gasteiger partial charge in [0, 0.05) is 39.1 Å². The molecule has 1 amide bonds. The molecule has 1 aliphatic heterocycles. The highest BCUT2D eigenvalue weighted by molar-refractivity contribution is 5.82. The molecule has 0 saturated carbocycles. The van der Waals surface area contributed by atoms with E-state index in [1.807, 2.05) is 68.7 Å². The lowest BCUT2D eigenvalue weighted by Crippen LogP contribution is -2.53. The second kappa shape index (κ2) is 20.6.